The van der Waals surface area contributed by atoms with Gasteiger partial charge in [-0.05, 0) is 43.2 Å². The summed E-state index contributed by atoms with van der Waals surface area (Å²) < 4.78 is 22.4. The lowest BCUT2D eigenvalue weighted by atomic mass is 9.95. The van der Waals surface area contributed by atoms with Crippen molar-refractivity contribution in [1.29, 1.82) is 0 Å². The maximum absolute atomic E-state index is 12.0. The van der Waals surface area contributed by atoms with Gasteiger partial charge >= 0.3 is 0 Å². The Bertz CT molecular complexity index is 625. The highest BCUT2D eigenvalue weighted by atomic mass is 35.7. The van der Waals surface area contributed by atoms with Crippen LogP contribution in [0.15, 0.2) is 16.3 Å². The van der Waals surface area contributed by atoms with Crippen molar-refractivity contribution in [3.8, 4) is 0 Å². The Balaban J connectivity index is 1.58. The lowest BCUT2D eigenvalue weighted by Crippen LogP contribution is -2.39. The number of rotatable bonds is 4. The molecule has 0 aliphatic heterocycles. The van der Waals surface area contributed by atoms with Gasteiger partial charge in [0.2, 0.25) is 5.91 Å². The van der Waals surface area contributed by atoms with Gasteiger partial charge < -0.3 is 5.32 Å². The van der Waals surface area contributed by atoms with Gasteiger partial charge in [0.05, 0.1) is 6.42 Å². The number of halogens is 1. The summed E-state index contributed by atoms with van der Waals surface area (Å²) >= 11 is 1.06. The molecule has 0 saturated heterocycles. The zero-order valence-electron chi connectivity index (χ0n) is 10.8. The Labute approximate surface area is 126 Å². The third kappa shape index (κ3) is 3.02. The molecule has 1 heterocycles. The molecular formula is C13H16ClNO3S2. The minimum atomic E-state index is -3.69. The van der Waals surface area contributed by atoms with E-state index in [1.807, 2.05) is 0 Å². The average molecular weight is 334 g/mol. The van der Waals surface area contributed by atoms with E-state index in [1.165, 1.54) is 25.3 Å². The van der Waals surface area contributed by atoms with Crippen molar-refractivity contribution in [2.45, 2.75) is 42.4 Å². The summed E-state index contributed by atoms with van der Waals surface area (Å²) in [4.78, 5) is 12.7. The van der Waals surface area contributed by atoms with Crippen LogP contribution in [0.2, 0.25) is 0 Å². The molecule has 3 rings (SSSR count). The van der Waals surface area contributed by atoms with E-state index < -0.39 is 9.05 Å². The summed E-state index contributed by atoms with van der Waals surface area (Å²) in [6.45, 7) is 0. The molecule has 3 unspecified atom stereocenters. The quantitative estimate of drug-likeness (QED) is 0.861. The molecule has 1 N–H and O–H groups in total. The zero-order valence-corrected chi connectivity index (χ0v) is 13.2. The van der Waals surface area contributed by atoms with Gasteiger partial charge in [-0.25, -0.2) is 8.42 Å². The molecule has 2 bridgehead atoms. The minimum absolute atomic E-state index is 0.0251. The van der Waals surface area contributed by atoms with E-state index in [9.17, 15) is 13.2 Å². The van der Waals surface area contributed by atoms with Gasteiger partial charge in [0.25, 0.3) is 9.05 Å². The fourth-order valence-electron chi connectivity index (χ4n) is 3.42. The maximum atomic E-state index is 12.0. The Morgan fingerprint density at radius 3 is 2.70 bits per heavy atom. The molecule has 2 fully saturated rings. The van der Waals surface area contributed by atoms with Gasteiger partial charge in [0.15, 0.2) is 0 Å². The van der Waals surface area contributed by atoms with Crippen LogP contribution in [0.4, 0.5) is 0 Å². The van der Waals surface area contributed by atoms with Gasteiger partial charge in [-0.3, -0.25) is 4.79 Å². The van der Waals surface area contributed by atoms with Crippen molar-refractivity contribution < 1.29 is 13.2 Å². The summed E-state index contributed by atoms with van der Waals surface area (Å²) in [7, 11) is 1.58. The summed E-state index contributed by atoms with van der Waals surface area (Å²) in [5.41, 5.74) is 0. The second kappa shape index (κ2) is 5.31. The first-order chi connectivity index (χ1) is 9.41. The van der Waals surface area contributed by atoms with Crippen LogP contribution in [0.25, 0.3) is 0 Å². The maximum Gasteiger partial charge on any atom is 0.270 e. The van der Waals surface area contributed by atoms with Crippen LogP contribution in [0.5, 0.6) is 0 Å². The molecule has 20 heavy (non-hydrogen) atoms. The SMILES string of the molecule is O=C(Cc1ccc(S(=O)(=O)Cl)s1)NC1CC2CCC1C2. The van der Waals surface area contributed by atoms with E-state index >= 15 is 0 Å². The summed E-state index contributed by atoms with van der Waals surface area (Å²) in [6.07, 6.45) is 5.11. The molecule has 2 aliphatic carbocycles. The third-order valence-electron chi connectivity index (χ3n) is 4.30. The van der Waals surface area contributed by atoms with Gasteiger partial charge in [-0.1, -0.05) is 6.42 Å². The lowest BCUT2D eigenvalue weighted by molar-refractivity contribution is -0.121. The number of carbonyl (C=O) groups excluding carboxylic acids is 1. The molecule has 110 valence electrons. The third-order valence-corrected chi connectivity index (χ3v) is 7.47. The number of amides is 1. The highest BCUT2D eigenvalue weighted by Gasteiger charge is 2.40. The molecule has 2 saturated carbocycles. The molecule has 0 spiro atoms. The Hall–Kier alpha value is -0.590. The standard InChI is InChI=1S/C13H16ClNO3S2/c14-20(17,18)13-4-3-10(19-13)7-12(16)15-11-6-8-1-2-9(11)5-8/h3-4,8-9,11H,1-2,5-7H2,(H,15,16). The predicted octanol–water partition coefficient (Wildman–Crippen LogP) is 2.52. The van der Waals surface area contributed by atoms with Crippen LogP contribution < -0.4 is 5.32 Å². The number of hydrogen-bond acceptors (Lipinski definition) is 4. The summed E-state index contributed by atoms with van der Waals surface area (Å²) in [5.74, 6) is 1.41. The molecule has 7 heteroatoms. The van der Waals surface area contributed by atoms with E-state index in [-0.39, 0.29) is 16.5 Å². The Morgan fingerprint density at radius 2 is 2.15 bits per heavy atom. The second-order valence-corrected chi connectivity index (χ2v) is 9.65. The van der Waals surface area contributed by atoms with E-state index in [0.717, 1.165) is 28.6 Å². The van der Waals surface area contributed by atoms with Crippen LogP contribution in [-0.2, 0) is 20.3 Å². The van der Waals surface area contributed by atoms with E-state index in [2.05, 4.69) is 5.32 Å². The number of hydrogen-bond donors (Lipinski definition) is 1. The van der Waals surface area contributed by atoms with E-state index in [1.54, 1.807) is 6.07 Å². The Kier molecular flexibility index (Phi) is 3.81. The smallest absolute Gasteiger partial charge is 0.270 e. The fourth-order valence-corrected chi connectivity index (χ4v) is 5.54. The highest BCUT2D eigenvalue weighted by molar-refractivity contribution is 8.15. The van der Waals surface area contributed by atoms with Crippen LogP contribution in [-0.4, -0.2) is 20.4 Å². The second-order valence-electron chi connectivity index (χ2n) is 5.68. The summed E-state index contributed by atoms with van der Waals surface area (Å²) in [6, 6.07) is 3.42. The van der Waals surface area contributed by atoms with Crippen LogP contribution in [0.3, 0.4) is 0 Å². The van der Waals surface area contributed by atoms with Crippen molar-refractivity contribution >= 4 is 37.0 Å². The minimum Gasteiger partial charge on any atom is -0.353 e. The van der Waals surface area contributed by atoms with Crippen LogP contribution in [0.1, 0.15) is 30.6 Å². The van der Waals surface area contributed by atoms with E-state index in [0.29, 0.717) is 12.0 Å². The van der Waals surface area contributed by atoms with Crippen LogP contribution in [0, 0.1) is 11.8 Å². The highest BCUT2D eigenvalue weighted by Crippen LogP contribution is 2.44. The van der Waals surface area contributed by atoms with Gasteiger partial charge in [0, 0.05) is 21.6 Å². The Morgan fingerprint density at radius 1 is 1.35 bits per heavy atom. The number of nitrogens with one attached hydrogen (secondary N) is 1. The van der Waals surface area contributed by atoms with Crippen molar-refractivity contribution in [2.24, 2.45) is 11.8 Å². The van der Waals surface area contributed by atoms with E-state index in [4.69, 9.17) is 10.7 Å². The molecule has 1 amide bonds. The molecule has 4 nitrogen and oxygen atoms in total. The number of thiophene rings is 1. The fraction of sp³-hybridized carbons (Fsp3) is 0.615. The summed E-state index contributed by atoms with van der Waals surface area (Å²) in [5, 5.41) is 3.09. The molecule has 0 aromatic carbocycles. The molecule has 0 radical (unpaired) electrons. The predicted molar refractivity (Wildman–Crippen MR) is 78.4 cm³/mol. The normalized spacial score (nSPS) is 28.8. The molecule has 1 aromatic heterocycles. The largest absolute Gasteiger partial charge is 0.353 e. The first kappa shape index (κ1) is 14.4. The topological polar surface area (TPSA) is 63.2 Å². The lowest BCUT2D eigenvalue weighted by Gasteiger charge is -2.22. The van der Waals surface area contributed by atoms with Gasteiger partial charge in [0.1, 0.15) is 4.21 Å². The van der Waals surface area contributed by atoms with Gasteiger partial charge in [-0.2, -0.15) is 0 Å². The molecule has 2 aliphatic rings. The van der Waals surface area contributed by atoms with Crippen LogP contribution >= 0.6 is 22.0 Å². The first-order valence-electron chi connectivity index (χ1n) is 6.74. The zero-order chi connectivity index (χ0) is 14.3. The van der Waals surface area contributed by atoms with Crippen molar-refractivity contribution in [2.75, 3.05) is 0 Å². The molecule has 1 aromatic rings. The average Bonchev–Trinajstić information content (AvgIpc) is 3.02. The number of carbonyl (C=O) groups is 1. The first-order valence-corrected chi connectivity index (χ1v) is 9.87. The van der Waals surface area contributed by atoms with Crippen molar-refractivity contribution in [1.82, 2.24) is 5.32 Å². The monoisotopic (exact) mass is 333 g/mol. The van der Waals surface area contributed by atoms with Crippen molar-refractivity contribution in [3.05, 3.63) is 17.0 Å². The molecular weight excluding hydrogens is 318 g/mol. The molecule has 3 atom stereocenters. The van der Waals surface area contributed by atoms with Gasteiger partial charge in [-0.15, -0.1) is 11.3 Å². The number of fused-ring (bicyclic) bond motifs is 2. The van der Waals surface area contributed by atoms with Crippen molar-refractivity contribution in [3.63, 3.8) is 0 Å².